The molecule has 0 fully saturated rings. The molecule has 0 amide bonds. The van der Waals surface area contributed by atoms with E-state index in [-0.39, 0.29) is 17.5 Å². The van der Waals surface area contributed by atoms with Gasteiger partial charge in [-0.2, -0.15) is 0 Å². The van der Waals surface area contributed by atoms with E-state index in [1.807, 2.05) is 6.92 Å². The van der Waals surface area contributed by atoms with Crippen LogP contribution in [0.1, 0.15) is 13.8 Å². The lowest BCUT2D eigenvalue weighted by molar-refractivity contribution is 0.0799. The Morgan fingerprint density at radius 1 is 1.41 bits per heavy atom. The van der Waals surface area contributed by atoms with Crippen molar-refractivity contribution in [2.75, 3.05) is 13.2 Å². The minimum Gasteiger partial charge on any atom is -0.377 e. The average molecular weight is 261 g/mol. The summed E-state index contributed by atoms with van der Waals surface area (Å²) in [6.45, 7) is 4.18. The molecule has 0 radical (unpaired) electrons. The highest BCUT2D eigenvalue weighted by atomic mass is 32.2. The Labute approximate surface area is 101 Å². The van der Waals surface area contributed by atoms with Crippen LogP contribution in [0.2, 0.25) is 0 Å². The maximum atomic E-state index is 13.3. The van der Waals surface area contributed by atoms with Gasteiger partial charge in [-0.1, -0.05) is 12.1 Å². The first-order valence-electron chi connectivity index (χ1n) is 5.33. The van der Waals surface area contributed by atoms with Crippen LogP contribution in [0.5, 0.6) is 0 Å². The van der Waals surface area contributed by atoms with Gasteiger partial charge in [-0.25, -0.2) is 17.5 Å². The molecule has 0 spiro atoms. The fourth-order valence-electron chi connectivity index (χ4n) is 1.31. The molecule has 1 unspecified atom stereocenters. The Hall–Kier alpha value is -0.980. The molecule has 0 saturated heterocycles. The number of hydrogen-bond acceptors (Lipinski definition) is 3. The molecular formula is C11H16FNO3S. The zero-order valence-corrected chi connectivity index (χ0v) is 10.6. The first-order valence-corrected chi connectivity index (χ1v) is 6.81. The number of hydrogen-bond donors (Lipinski definition) is 1. The second-order valence-corrected chi connectivity index (χ2v) is 5.28. The van der Waals surface area contributed by atoms with Crippen molar-refractivity contribution >= 4 is 10.0 Å². The average Bonchev–Trinajstić information content (AvgIpc) is 2.27. The van der Waals surface area contributed by atoms with Crippen LogP contribution >= 0.6 is 0 Å². The molecule has 0 saturated carbocycles. The molecule has 0 bridgehead atoms. The van der Waals surface area contributed by atoms with Crippen LogP contribution in [0.15, 0.2) is 29.2 Å². The van der Waals surface area contributed by atoms with E-state index in [4.69, 9.17) is 4.74 Å². The zero-order valence-electron chi connectivity index (χ0n) is 9.81. The molecule has 0 aliphatic carbocycles. The highest BCUT2D eigenvalue weighted by molar-refractivity contribution is 7.89. The molecule has 6 heteroatoms. The van der Waals surface area contributed by atoms with Gasteiger partial charge in [0.05, 0.1) is 6.10 Å². The zero-order chi connectivity index (χ0) is 12.9. The molecule has 1 rings (SSSR count). The molecule has 1 N–H and O–H groups in total. The summed E-state index contributed by atoms with van der Waals surface area (Å²) >= 11 is 0. The Morgan fingerprint density at radius 3 is 2.65 bits per heavy atom. The van der Waals surface area contributed by atoms with Crippen molar-refractivity contribution in [2.45, 2.75) is 24.8 Å². The molecule has 4 nitrogen and oxygen atoms in total. The summed E-state index contributed by atoms with van der Waals surface area (Å²) in [6.07, 6.45) is -0.249. The van der Waals surface area contributed by atoms with E-state index in [1.165, 1.54) is 18.2 Å². The lowest BCUT2D eigenvalue weighted by Crippen LogP contribution is -2.32. The van der Waals surface area contributed by atoms with Crippen LogP contribution in [0.25, 0.3) is 0 Å². The third-order valence-electron chi connectivity index (χ3n) is 2.14. The second kappa shape index (κ2) is 6.09. The smallest absolute Gasteiger partial charge is 0.243 e. The predicted molar refractivity (Wildman–Crippen MR) is 62.7 cm³/mol. The molecular weight excluding hydrogens is 245 g/mol. The Balaban J connectivity index is 2.73. The van der Waals surface area contributed by atoms with Crippen molar-refractivity contribution < 1.29 is 17.5 Å². The van der Waals surface area contributed by atoms with E-state index in [0.717, 1.165) is 6.07 Å². The number of sulfonamides is 1. The number of halogens is 1. The van der Waals surface area contributed by atoms with E-state index in [9.17, 15) is 12.8 Å². The molecule has 96 valence electrons. The van der Waals surface area contributed by atoms with Crippen molar-refractivity contribution in [3.05, 3.63) is 30.1 Å². The van der Waals surface area contributed by atoms with Crippen LogP contribution in [0, 0.1) is 5.82 Å². The fraction of sp³-hybridized carbons (Fsp3) is 0.455. The van der Waals surface area contributed by atoms with Gasteiger partial charge < -0.3 is 4.74 Å². The third kappa shape index (κ3) is 4.07. The van der Waals surface area contributed by atoms with Crippen LogP contribution in [0.3, 0.4) is 0 Å². The molecule has 0 heterocycles. The second-order valence-electron chi connectivity index (χ2n) is 3.55. The maximum Gasteiger partial charge on any atom is 0.243 e. The van der Waals surface area contributed by atoms with Crippen molar-refractivity contribution in [3.63, 3.8) is 0 Å². The number of benzene rings is 1. The summed E-state index contributed by atoms with van der Waals surface area (Å²) < 4.78 is 44.3. The number of nitrogens with one attached hydrogen (secondary N) is 1. The Bertz CT molecular complexity index is 462. The van der Waals surface area contributed by atoms with Crippen LogP contribution < -0.4 is 4.72 Å². The van der Waals surface area contributed by atoms with E-state index >= 15 is 0 Å². The molecule has 1 atom stereocenters. The standard InChI is InChI=1S/C11H16FNO3S/c1-3-16-9(2)8-13-17(14,15)11-7-5-4-6-10(11)12/h4-7,9,13H,3,8H2,1-2H3. The van der Waals surface area contributed by atoms with E-state index < -0.39 is 15.8 Å². The van der Waals surface area contributed by atoms with Gasteiger partial charge in [0, 0.05) is 13.2 Å². The minimum atomic E-state index is -3.81. The first-order chi connectivity index (χ1) is 7.97. The molecule has 0 aliphatic heterocycles. The first kappa shape index (κ1) is 14.1. The van der Waals surface area contributed by atoms with Gasteiger partial charge in [-0.15, -0.1) is 0 Å². The van der Waals surface area contributed by atoms with Gasteiger partial charge in [-0.05, 0) is 26.0 Å². The van der Waals surface area contributed by atoms with E-state index in [2.05, 4.69) is 4.72 Å². The molecule has 17 heavy (non-hydrogen) atoms. The molecule has 0 aliphatic rings. The lowest BCUT2D eigenvalue weighted by atomic mass is 10.4. The fourth-order valence-corrected chi connectivity index (χ4v) is 2.50. The van der Waals surface area contributed by atoms with Gasteiger partial charge in [0.1, 0.15) is 10.7 Å². The quantitative estimate of drug-likeness (QED) is 0.845. The van der Waals surface area contributed by atoms with E-state index in [0.29, 0.717) is 6.61 Å². The normalized spacial score (nSPS) is 13.6. The highest BCUT2D eigenvalue weighted by Crippen LogP contribution is 2.12. The maximum absolute atomic E-state index is 13.3. The Morgan fingerprint density at radius 2 is 2.06 bits per heavy atom. The largest absolute Gasteiger partial charge is 0.377 e. The van der Waals surface area contributed by atoms with Crippen LogP contribution in [-0.4, -0.2) is 27.7 Å². The SMILES string of the molecule is CCOC(C)CNS(=O)(=O)c1ccccc1F. The van der Waals surface area contributed by atoms with Gasteiger partial charge in [-0.3, -0.25) is 0 Å². The van der Waals surface area contributed by atoms with Crippen LogP contribution in [0.4, 0.5) is 4.39 Å². The van der Waals surface area contributed by atoms with E-state index in [1.54, 1.807) is 6.92 Å². The number of rotatable bonds is 6. The summed E-state index contributed by atoms with van der Waals surface area (Å²) in [4.78, 5) is -0.344. The summed E-state index contributed by atoms with van der Waals surface area (Å²) in [5.74, 6) is -0.760. The highest BCUT2D eigenvalue weighted by Gasteiger charge is 2.18. The molecule has 1 aromatic carbocycles. The predicted octanol–water partition coefficient (Wildman–Crippen LogP) is 1.53. The molecule has 1 aromatic rings. The van der Waals surface area contributed by atoms with Gasteiger partial charge in [0.2, 0.25) is 10.0 Å². The number of ether oxygens (including phenoxy) is 1. The van der Waals surface area contributed by atoms with Crippen LogP contribution in [-0.2, 0) is 14.8 Å². The Kier molecular flexibility index (Phi) is 5.04. The van der Waals surface area contributed by atoms with Gasteiger partial charge in [0.15, 0.2) is 0 Å². The summed E-state index contributed by atoms with van der Waals surface area (Å²) in [7, 11) is -3.81. The minimum absolute atomic E-state index is 0.116. The lowest BCUT2D eigenvalue weighted by Gasteiger charge is -2.13. The summed E-state index contributed by atoms with van der Waals surface area (Å²) in [5, 5.41) is 0. The van der Waals surface area contributed by atoms with Crippen molar-refractivity contribution in [1.82, 2.24) is 4.72 Å². The topological polar surface area (TPSA) is 55.4 Å². The third-order valence-corrected chi connectivity index (χ3v) is 3.59. The van der Waals surface area contributed by atoms with Crippen molar-refractivity contribution in [2.24, 2.45) is 0 Å². The van der Waals surface area contributed by atoms with Crippen molar-refractivity contribution in [1.29, 1.82) is 0 Å². The molecule has 0 aromatic heterocycles. The summed E-state index contributed by atoms with van der Waals surface area (Å²) in [5.41, 5.74) is 0. The summed E-state index contributed by atoms with van der Waals surface area (Å²) in [6, 6.07) is 5.25. The van der Waals surface area contributed by atoms with Gasteiger partial charge >= 0.3 is 0 Å². The monoisotopic (exact) mass is 261 g/mol. The van der Waals surface area contributed by atoms with Gasteiger partial charge in [0.25, 0.3) is 0 Å². The van der Waals surface area contributed by atoms with Crippen molar-refractivity contribution in [3.8, 4) is 0 Å².